The first kappa shape index (κ1) is 12.5. The fourth-order valence-electron chi connectivity index (χ4n) is 1.39. The molecule has 1 aromatic heterocycles. The molecular formula is C10H20N4S. The Kier molecular flexibility index (Phi) is 5.71. The maximum absolute atomic E-state index is 4.02. The Morgan fingerprint density at radius 3 is 2.73 bits per heavy atom. The third-order valence-electron chi connectivity index (χ3n) is 2.42. The van der Waals surface area contributed by atoms with Crippen LogP contribution in [0, 0.1) is 0 Å². The molecule has 0 atom stereocenters. The average molecular weight is 228 g/mol. The number of nitrogens with one attached hydrogen (secondary N) is 1. The van der Waals surface area contributed by atoms with Crippen LogP contribution in [-0.2, 0) is 7.05 Å². The van der Waals surface area contributed by atoms with Crippen LogP contribution >= 0.6 is 11.8 Å². The molecular weight excluding hydrogens is 208 g/mol. The number of aryl methyl sites for hydroxylation is 1. The van der Waals surface area contributed by atoms with E-state index in [1.807, 2.05) is 11.6 Å². The zero-order chi connectivity index (χ0) is 11.1. The molecule has 0 bridgehead atoms. The van der Waals surface area contributed by atoms with E-state index in [2.05, 4.69) is 29.4 Å². The van der Waals surface area contributed by atoms with Gasteiger partial charge in [-0.3, -0.25) is 0 Å². The van der Waals surface area contributed by atoms with Crippen molar-refractivity contribution in [3.63, 3.8) is 0 Å². The molecule has 1 N–H and O–H groups in total. The molecule has 0 saturated carbocycles. The van der Waals surface area contributed by atoms with Gasteiger partial charge in [-0.1, -0.05) is 25.6 Å². The quantitative estimate of drug-likeness (QED) is 0.569. The molecule has 0 aromatic carbocycles. The van der Waals surface area contributed by atoms with Gasteiger partial charge in [0, 0.05) is 25.4 Å². The van der Waals surface area contributed by atoms with Crippen LogP contribution < -0.4 is 5.32 Å². The summed E-state index contributed by atoms with van der Waals surface area (Å²) in [6.07, 6.45) is 4.13. The van der Waals surface area contributed by atoms with Crippen molar-refractivity contribution in [2.45, 2.75) is 37.9 Å². The predicted molar refractivity (Wildman–Crippen MR) is 64.1 cm³/mol. The first-order chi connectivity index (χ1) is 7.27. The number of thioether (sulfide) groups is 1. The molecule has 0 spiro atoms. The second kappa shape index (κ2) is 6.85. The Bertz CT molecular complexity index is 270. The summed E-state index contributed by atoms with van der Waals surface area (Å²) < 4.78 is 1.95. The van der Waals surface area contributed by atoms with Crippen LogP contribution in [0.4, 0.5) is 0 Å². The van der Waals surface area contributed by atoms with Gasteiger partial charge < -0.3 is 9.88 Å². The number of hydrogen-bond donors (Lipinski definition) is 1. The topological polar surface area (TPSA) is 42.7 Å². The van der Waals surface area contributed by atoms with Crippen LogP contribution in [0.15, 0.2) is 11.5 Å². The summed E-state index contributed by atoms with van der Waals surface area (Å²) in [6.45, 7) is 5.47. The van der Waals surface area contributed by atoms with E-state index in [-0.39, 0.29) is 0 Å². The van der Waals surface area contributed by atoms with E-state index in [1.54, 1.807) is 18.1 Å². The standard InChI is InChI=1S/C10H20N4S/c1-4-9(5-2)11-6-7-15-10-13-12-8-14(10)3/h8-9,11H,4-7H2,1-3H3. The summed E-state index contributed by atoms with van der Waals surface area (Å²) in [6, 6.07) is 0.657. The van der Waals surface area contributed by atoms with Gasteiger partial charge in [0.1, 0.15) is 6.33 Å². The molecule has 0 aliphatic carbocycles. The maximum atomic E-state index is 4.02. The fourth-order valence-corrected chi connectivity index (χ4v) is 2.14. The molecule has 0 radical (unpaired) electrons. The normalized spacial score (nSPS) is 11.2. The minimum Gasteiger partial charge on any atom is -0.313 e. The molecule has 15 heavy (non-hydrogen) atoms. The highest BCUT2D eigenvalue weighted by molar-refractivity contribution is 7.99. The van der Waals surface area contributed by atoms with Gasteiger partial charge in [-0.15, -0.1) is 10.2 Å². The van der Waals surface area contributed by atoms with Crippen LogP contribution in [0.25, 0.3) is 0 Å². The Labute approximate surface area is 95.9 Å². The molecule has 86 valence electrons. The van der Waals surface area contributed by atoms with E-state index >= 15 is 0 Å². The van der Waals surface area contributed by atoms with Crippen molar-refractivity contribution in [2.24, 2.45) is 7.05 Å². The van der Waals surface area contributed by atoms with Crippen molar-refractivity contribution in [1.82, 2.24) is 20.1 Å². The predicted octanol–water partition coefficient (Wildman–Crippen LogP) is 1.69. The van der Waals surface area contributed by atoms with Crippen molar-refractivity contribution in [1.29, 1.82) is 0 Å². The summed E-state index contributed by atoms with van der Waals surface area (Å²) in [5.41, 5.74) is 0. The van der Waals surface area contributed by atoms with Gasteiger partial charge in [0.25, 0.3) is 0 Å². The van der Waals surface area contributed by atoms with Crippen molar-refractivity contribution >= 4 is 11.8 Å². The van der Waals surface area contributed by atoms with E-state index < -0.39 is 0 Å². The van der Waals surface area contributed by atoms with Gasteiger partial charge in [0.2, 0.25) is 0 Å². The molecule has 0 aliphatic heterocycles. The van der Waals surface area contributed by atoms with Crippen LogP contribution in [0.3, 0.4) is 0 Å². The molecule has 0 saturated heterocycles. The number of aromatic nitrogens is 3. The SMILES string of the molecule is CCC(CC)NCCSc1nncn1C. The lowest BCUT2D eigenvalue weighted by Crippen LogP contribution is -2.29. The third-order valence-corrected chi connectivity index (χ3v) is 3.46. The zero-order valence-electron chi connectivity index (χ0n) is 9.73. The Balaban J connectivity index is 2.14. The first-order valence-electron chi connectivity index (χ1n) is 5.48. The van der Waals surface area contributed by atoms with Crippen LogP contribution in [-0.4, -0.2) is 33.1 Å². The number of nitrogens with zero attached hydrogens (tertiary/aromatic N) is 3. The van der Waals surface area contributed by atoms with Crippen LogP contribution in [0.1, 0.15) is 26.7 Å². The number of rotatable bonds is 7. The van der Waals surface area contributed by atoms with E-state index in [9.17, 15) is 0 Å². The van der Waals surface area contributed by atoms with Crippen LogP contribution in [0.2, 0.25) is 0 Å². The van der Waals surface area contributed by atoms with Crippen LogP contribution in [0.5, 0.6) is 0 Å². The Morgan fingerprint density at radius 1 is 1.47 bits per heavy atom. The smallest absolute Gasteiger partial charge is 0.190 e. The summed E-state index contributed by atoms with van der Waals surface area (Å²) in [7, 11) is 1.97. The van der Waals surface area contributed by atoms with Crippen molar-refractivity contribution in [3.8, 4) is 0 Å². The number of hydrogen-bond acceptors (Lipinski definition) is 4. The lowest BCUT2D eigenvalue weighted by Gasteiger charge is -2.13. The summed E-state index contributed by atoms with van der Waals surface area (Å²) in [5, 5.41) is 12.4. The molecule has 0 amide bonds. The monoisotopic (exact) mass is 228 g/mol. The molecule has 1 heterocycles. The highest BCUT2D eigenvalue weighted by atomic mass is 32.2. The molecule has 0 unspecified atom stereocenters. The molecule has 5 heteroatoms. The molecule has 1 rings (SSSR count). The Morgan fingerprint density at radius 2 is 2.20 bits per heavy atom. The average Bonchev–Trinajstić information content (AvgIpc) is 2.65. The highest BCUT2D eigenvalue weighted by Crippen LogP contribution is 2.12. The van der Waals surface area contributed by atoms with E-state index in [0.717, 1.165) is 17.5 Å². The minimum atomic E-state index is 0.657. The maximum Gasteiger partial charge on any atom is 0.190 e. The third kappa shape index (κ3) is 4.22. The minimum absolute atomic E-state index is 0.657. The Hall–Kier alpha value is -0.550. The lowest BCUT2D eigenvalue weighted by molar-refractivity contribution is 0.501. The van der Waals surface area contributed by atoms with Gasteiger partial charge in [-0.25, -0.2) is 0 Å². The van der Waals surface area contributed by atoms with E-state index in [4.69, 9.17) is 0 Å². The molecule has 4 nitrogen and oxygen atoms in total. The summed E-state index contributed by atoms with van der Waals surface area (Å²) in [5.74, 6) is 1.04. The summed E-state index contributed by atoms with van der Waals surface area (Å²) >= 11 is 1.74. The van der Waals surface area contributed by atoms with Crippen molar-refractivity contribution in [2.75, 3.05) is 12.3 Å². The summed E-state index contributed by atoms with van der Waals surface area (Å²) in [4.78, 5) is 0. The van der Waals surface area contributed by atoms with E-state index in [1.165, 1.54) is 12.8 Å². The second-order valence-corrected chi connectivity index (χ2v) is 4.60. The van der Waals surface area contributed by atoms with Gasteiger partial charge in [-0.2, -0.15) is 0 Å². The molecule has 0 aliphatic rings. The van der Waals surface area contributed by atoms with Crippen molar-refractivity contribution < 1.29 is 0 Å². The first-order valence-corrected chi connectivity index (χ1v) is 6.46. The van der Waals surface area contributed by atoms with Gasteiger partial charge >= 0.3 is 0 Å². The zero-order valence-corrected chi connectivity index (χ0v) is 10.5. The van der Waals surface area contributed by atoms with Gasteiger partial charge in [-0.05, 0) is 12.8 Å². The fraction of sp³-hybridized carbons (Fsp3) is 0.800. The van der Waals surface area contributed by atoms with Gasteiger partial charge in [0.05, 0.1) is 0 Å². The molecule has 0 fully saturated rings. The molecule has 1 aromatic rings. The van der Waals surface area contributed by atoms with E-state index in [0.29, 0.717) is 6.04 Å². The van der Waals surface area contributed by atoms with Crippen molar-refractivity contribution in [3.05, 3.63) is 6.33 Å². The lowest BCUT2D eigenvalue weighted by atomic mass is 10.2. The highest BCUT2D eigenvalue weighted by Gasteiger charge is 2.03. The second-order valence-electron chi connectivity index (χ2n) is 3.54. The largest absolute Gasteiger partial charge is 0.313 e. The van der Waals surface area contributed by atoms with Gasteiger partial charge in [0.15, 0.2) is 5.16 Å².